The molecule has 1 aromatic carbocycles. The first-order valence-corrected chi connectivity index (χ1v) is 6.68. The van der Waals surface area contributed by atoms with Crippen LogP contribution in [0.3, 0.4) is 0 Å². The average molecular weight is 250 g/mol. The summed E-state index contributed by atoms with van der Waals surface area (Å²) in [6, 6.07) is 9.64. The summed E-state index contributed by atoms with van der Waals surface area (Å²) in [6.07, 6.45) is 4.24. The van der Waals surface area contributed by atoms with Crippen molar-refractivity contribution < 1.29 is 14.6 Å². The fraction of sp³-hybridized carbons (Fsp3) is 0.600. The lowest BCUT2D eigenvalue weighted by atomic mass is 9.94. The number of aliphatic hydroxyl groups is 1. The summed E-state index contributed by atoms with van der Waals surface area (Å²) in [5.74, 6) is 0. The van der Waals surface area contributed by atoms with Gasteiger partial charge in [0.25, 0.3) is 0 Å². The van der Waals surface area contributed by atoms with Crippen LogP contribution in [0.4, 0.5) is 0 Å². The molecule has 0 saturated heterocycles. The highest BCUT2D eigenvalue weighted by molar-refractivity contribution is 5.17. The molecule has 0 heterocycles. The van der Waals surface area contributed by atoms with E-state index in [1.54, 1.807) is 7.11 Å². The molecule has 1 aliphatic rings. The number of rotatable bonds is 5. The van der Waals surface area contributed by atoms with Gasteiger partial charge in [-0.05, 0) is 18.4 Å². The van der Waals surface area contributed by atoms with Crippen LogP contribution < -0.4 is 0 Å². The van der Waals surface area contributed by atoms with Crippen molar-refractivity contribution in [3.05, 3.63) is 35.9 Å². The van der Waals surface area contributed by atoms with Gasteiger partial charge in [-0.3, -0.25) is 0 Å². The second kappa shape index (κ2) is 6.88. The zero-order valence-corrected chi connectivity index (χ0v) is 10.9. The third kappa shape index (κ3) is 3.55. The fourth-order valence-electron chi connectivity index (χ4n) is 2.51. The topological polar surface area (TPSA) is 38.7 Å². The Morgan fingerprint density at radius 3 is 2.50 bits per heavy atom. The van der Waals surface area contributed by atoms with Crippen LogP contribution in [0.1, 0.15) is 37.4 Å². The second-order valence-electron chi connectivity index (χ2n) is 4.86. The molecule has 3 unspecified atom stereocenters. The van der Waals surface area contributed by atoms with Crippen molar-refractivity contribution in [3.63, 3.8) is 0 Å². The average Bonchev–Trinajstić information content (AvgIpc) is 2.46. The normalized spacial score (nSPS) is 25.9. The number of hydrogen-bond donors (Lipinski definition) is 1. The van der Waals surface area contributed by atoms with Crippen molar-refractivity contribution in [2.45, 2.75) is 44.0 Å². The van der Waals surface area contributed by atoms with Crippen molar-refractivity contribution in [2.75, 3.05) is 13.7 Å². The minimum atomic E-state index is -0.550. The first-order valence-electron chi connectivity index (χ1n) is 6.68. The van der Waals surface area contributed by atoms with Gasteiger partial charge in [0.1, 0.15) is 6.10 Å². The van der Waals surface area contributed by atoms with Crippen LogP contribution in [0.25, 0.3) is 0 Å². The summed E-state index contributed by atoms with van der Waals surface area (Å²) in [6.45, 7) is 0.342. The third-order valence-corrected chi connectivity index (χ3v) is 3.60. The van der Waals surface area contributed by atoms with E-state index in [0.717, 1.165) is 18.4 Å². The van der Waals surface area contributed by atoms with Crippen LogP contribution in [0.2, 0.25) is 0 Å². The van der Waals surface area contributed by atoms with E-state index in [1.807, 2.05) is 30.3 Å². The van der Waals surface area contributed by atoms with Crippen LogP contribution in [0.5, 0.6) is 0 Å². The summed E-state index contributed by atoms with van der Waals surface area (Å²) in [4.78, 5) is 0. The van der Waals surface area contributed by atoms with Gasteiger partial charge >= 0.3 is 0 Å². The number of methoxy groups -OCH3 is 1. The van der Waals surface area contributed by atoms with Crippen molar-refractivity contribution in [1.82, 2.24) is 0 Å². The predicted molar refractivity (Wildman–Crippen MR) is 70.4 cm³/mol. The molecule has 2 rings (SSSR count). The van der Waals surface area contributed by atoms with Gasteiger partial charge in [-0.2, -0.15) is 0 Å². The molecule has 0 amide bonds. The predicted octanol–water partition coefficient (Wildman–Crippen LogP) is 2.69. The number of hydrogen-bond acceptors (Lipinski definition) is 3. The van der Waals surface area contributed by atoms with E-state index in [9.17, 15) is 5.11 Å². The van der Waals surface area contributed by atoms with E-state index in [4.69, 9.17) is 9.47 Å². The molecule has 1 saturated carbocycles. The zero-order chi connectivity index (χ0) is 12.8. The van der Waals surface area contributed by atoms with Gasteiger partial charge in [0.05, 0.1) is 18.8 Å². The second-order valence-corrected chi connectivity index (χ2v) is 4.86. The van der Waals surface area contributed by atoms with E-state index < -0.39 is 6.10 Å². The minimum Gasteiger partial charge on any atom is -0.386 e. The lowest BCUT2D eigenvalue weighted by molar-refractivity contribution is -0.0965. The minimum absolute atomic E-state index is 0.127. The van der Waals surface area contributed by atoms with Gasteiger partial charge < -0.3 is 14.6 Å². The summed E-state index contributed by atoms with van der Waals surface area (Å²) >= 11 is 0. The molecule has 1 fully saturated rings. The van der Waals surface area contributed by atoms with Gasteiger partial charge in [-0.25, -0.2) is 0 Å². The highest BCUT2D eigenvalue weighted by Crippen LogP contribution is 2.24. The van der Waals surface area contributed by atoms with Crippen LogP contribution in [0, 0.1) is 0 Å². The molecule has 1 aliphatic carbocycles. The Hall–Kier alpha value is -0.900. The molecular weight excluding hydrogens is 228 g/mol. The van der Waals surface area contributed by atoms with E-state index in [2.05, 4.69) is 0 Å². The molecule has 18 heavy (non-hydrogen) atoms. The van der Waals surface area contributed by atoms with E-state index >= 15 is 0 Å². The first kappa shape index (κ1) is 13.5. The Labute approximate surface area is 109 Å². The van der Waals surface area contributed by atoms with Crippen LogP contribution in [-0.2, 0) is 9.47 Å². The standard InChI is InChI=1S/C15H22O3/c1-17-14-9-5-6-10-15(14)18-11-13(16)12-7-3-2-4-8-12/h2-4,7-8,13-16H,5-6,9-11H2,1H3. The largest absolute Gasteiger partial charge is 0.386 e. The van der Waals surface area contributed by atoms with E-state index in [1.165, 1.54) is 12.8 Å². The summed E-state index contributed by atoms with van der Waals surface area (Å²) in [5, 5.41) is 10.0. The summed E-state index contributed by atoms with van der Waals surface area (Å²) in [5.41, 5.74) is 0.905. The maximum Gasteiger partial charge on any atom is 0.102 e. The van der Waals surface area contributed by atoms with Gasteiger partial charge in [0.2, 0.25) is 0 Å². The molecule has 0 aromatic heterocycles. The van der Waals surface area contributed by atoms with Crippen molar-refractivity contribution in [2.24, 2.45) is 0 Å². The molecular formula is C15H22O3. The number of benzene rings is 1. The Morgan fingerprint density at radius 2 is 1.83 bits per heavy atom. The SMILES string of the molecule is COC1CCCCC1OCC(O)c1ccccc1. The van der Waals surface area contributed by atoms with Crippen LogP contribution in [0.15, 0.2) is 30.3 Å². The molecule has 0 radical (unpaired) electrons. The zero-order valence-electron chi connectivity index (χ0n) is 10.9. The molecule has 3 nitrogen and oxygen atoms in total. The van der Waals surface area contributed by atoms with Gasteiger partial charge in [-0.1, -0.05) is 43.2 Å². The quantitative estimate of drug-likeness (QED) is 0.873. The molecule has 0 spiro atoms. The molecule has 0 aliphatic heterocycles. The van der Waals surface area contributed by atoms with Crippen LogP contribution >= 0.6 is 0 Å². The maximum atomic E-state index is 10.0. The monoisotopic (exact) mass is 250 g/mol. The van der Waals surface area contributed by atoms with Gasteiger partial charge in [-0.15, -0.1) is 0 Å². The molecule has 100 valence electrons. The first-order chi connectivity index (χ1) is 8.81. The van der Waals surface area contributed by atoms with Crippen molar-refractivity contribution >= 4 is 0 Å². The van der Waals surface area contributed by atoms with Gasteiger partial charge in [0, 0.05) is 7.11 Å². The lowest BCUT2D eigenvalue weighted by Crippen LogP contribution is -2.35. The number of aliphatic hydroxyl groups excluding tert-OH is 1. The Kier molecular flexibility index (Phi) is 5.17. The highest BCUT2D eigenvalue weighted by Gasteiger charge is 2.26. The maximum absolute atomic E-state index is 10.0. The third-order valence-electron chi connectivity index (χ3n) is 3.60. The lowest BCUT2D eigenvalue weighted by Gasteiger charge is -2.31. The molecule has 1 aromatic rings. The summed E-state index contributed by atoms with van der Waals surface area (Å²) in [7, 11) is 1.74. The molecule has 3 atom stereocenters. The van der Waals surface area contributed by atoms with Crippen molar-refractivity contribution in [3.8, 4) is 0 Å². The van der Waals surface area contributed by atoms with Crippen molar-refractivity contribution in [1.29, 1.82) is 0 Å². The smallest absolute Gasteiger partial charge is 0.102 e. The summed E-state index contributed by atoms with van der Waals surface area (Å²) < 4.78 is 11.3. The highest BCUT2D eigenvalue weighted by atomic mass is 16.5. The molecule has 0 bridgehead atoms. The number of ether oxygens (including phenoxy) is 2. The fourth-order valence-corrected chi connectivity index (χ4v) is 2.51. The Balaban J connectivity index is 1.83. The molecule has 3 heteroatoms. The van der Waals surface area contributed by atoms with E-state index in [0.29, 0.717) is 6.61 Å². The van der Waals surface area contributed by atoms with Crippen LogP contribution in [-0.4, -0.2) is 31.0 Å². The van der Waals surface area contributed by atoms with Gasteiger partial charge in [0.15, 0.2) is 0 Å². The van der Waals surface area contributed by atoms with E-state index in [-0.39, 0.29) is 12.2 Å². The Bertz CT molecular complexity index is 339. The Morgan fingerprint density at radius 1 is 1.17 bits per heavy atom. The molecule has 1 N–H and O–H groups in total.